The van der Waals surface area contributed by atoms with Gasteiger partial charge in [-0.15, -0.1) is 16.4 Å². The molecule has 2 aromatic rings. The zero-order chi connectivity index (χ0) is 19.7. The number of piperidine rings is 1. The fraction of sp³-hybridized carbons (Fsp3) is 0.650. The number of carbonyl (C=O) groups excluding carboxylic acids is 1. The SMILES string of the molecule is O=C(c1cccs1)N1CCC2(CC1)Cn1nnc(COCC3CCCO3)c1CO2. The molecule has 9 heteroatoms. The maximum Gasteiger partial charge on any atom is 0.263 e. The molecule has 1 spiro atoms. The van der Waals surface area contributed by atoms with Crippen LogP contribution in [0.4, 0.5) is 0 Å². The Hall–Kier alpha value is -1.81. The van der Waals surface area contributed by atoms with Crippen LogP contribution in [0.1, 0.15) is 46.7 Å². The number of carbonyl (C=O) groups is 1. The third-order valence-corrected chi connectivity index (χ3v) is 6.99. The number of ether oxygens (including phenoxy) is 3. The number of thiophene rings is 1. The first-order valence-electron chi connectivity index (χ1n) is 10.3. The second-order valence-electron chi connectivity index (χ2n) is 8.03. The van der Waals surface area contributed by atoms with Crippen molar-refractivity contribution in [1.82, 2.24) is 19.9 Å². The Morgan fingerprint density at radius 1 is 1.38 bits per heavy atom. The summed E-state index contributed by atoms with van der Waals surface area (Å²) in [7, 11) is 0. The van der Waals surface area contributed by atoms with Crippen molar-refractivity contribution in [3.63, 3.8) is 0 Å². The Bertz CT molecular complexity index is 839. The second-order valence-corrected chi connectivity index (χ2v) is 8.98. The Morgan fingerprint density at radius 2 is 2.28 bits per heavy atom. The van der Waals surface area contributed by atoms with Gasteiger partial charge in [-0.25, -0.2) is 4.68 Å². The molecule has 0 aromatic carbocycles. The van der Waals surface area contributed by atoms with Crippen molar-refractivity contribution in [2.45, 2.75) is 57.1 Å². The van der Waals surface area contributed by atoms with Crippen LogP contribution in [-0.4, -0.2) is 63.8 Å². The highest BCUT2D eigenvalue weighted by Gasteiger charge is 2.41. The van der Waals surface area contributed by atoms with E-state index in [2.05, 4.69) is 10.3 Å². The summed E-state index contributed by atoms with van der Waals surface area (Å²) < 4.78 is 19.7. The highest BCUT2D eigenvalue weighted by Crippen LogP contribution is 2.34. The number of hydrogen-bond acceptors (Lipinski definition) is 7. The highest BCUT2D eigenvalue weighted by atomic mass is 32.1. The first-order valence-corrected chi connectivity index (χ1v) is 11.2. The lowest BCUT2D eigenvalue weighted by Gasteiger charge is -2.43. The molecule has 1 unspecified atom stereocenters. The number of nitrogens with zero attached hydrogens (tertiary/aromatic N) is 4. The van der Waals surface area contributed by atoms with E-state index < -0.39 is 0 Å². The number of hydrogen-bond donors (Lipinski definition) is 0. The first kappa shape index (κ1) is 19.2. The van der Waals surface area contributed by atoms with Crippen LogP contribution in [0, 0.1) is 0 Å². The molecule has 2 saturated heterocycles. The van der Waals surface area contributed by atoms with E-state index in [-0.39, 0.29) is 17.6 Å². The van der Waals surface area contributed by atoms with Crippen LogP contribution < -0.4 is 0 Å². The van der Waals surface area contributed by atoms with Crippen molar-refractivity contribution < 1.29 is 19.0 Å². The van der Waals surface area contributed by atoms with Crippen LogP contribution in [0.15, 0.2) is 17.5 Å². The highest BCUT2D eigenvalue weighted by molar-refractivity contribution is 7.12. The van der Waals surface area contributed by atoms with Gasteiger partial charge in [-0.1, -0.05) is 11.3 Å². The molecule has 156 valence electrons. The molecule has 0 saturated carbocycles. The second kappa shape index (κ2) is 8.14. The third-order valence-electron chi connectivity index (χ3n) is 6.13. The molecule has 0 N–H and O–H groups in total. The van der Waals surface area contributed by atoms with Crippen molar-refractivity contribution in [3.05, 3.63) is 33.8 Å². The number of aromatic nitrogens is 3. The molecule has 8 nitrogen and oxygen atoms in total. The molecular formula is C20H26N4O4S. The molecule has 2 aromatic heterocycles. The molecule has 3 aliphatic rings. The average Bonchev–Trinajstić information content (AvgIpc) is 3.51. The summed E-state index contributed by atoms with van der Waals surface area (Å²) in [5, 5.41) is 10.6. The lowest BCUT2D eigenvalue weighted by Crippen LogP contribution is -2.52. The summed E-state index contributed by atoms with van der Waals surface area (Å²) in [6.45, 7) is 4.46. The molecule has 0 aliphatic carbocycles. The van der Waals surface area contributed by atoms with Gasteiger partial charge in [0.2, 0.25) is 0 Å². The van der Waals surface area contributed by atoms with Gasteiger partial charge in [0.1, 0.15) is 5.69 Å². The summed E-state index contributed by atoms with van der Waals surface area (Å²) in [4.78, 5) is 15.3. The predicted molar refractivity (Wildman–Crippen MR) is 106 cm³/mol. The summed E-state index contributed by atoms with van der Waals surface area (Å²) >= 11 is 1.50. The Morgan fingerprint density at radius 3 is 3.03 bits per heavy atom. The Balaban J connectivity index is 1.16. The van der Waals surface area contributed by atoms with Crippen molar-refractivity contribution in [1.29, 1.82) is 0 Å². The van der Waals surface area contributed by atoms with Gasteiger partial charge >= 0.3 is 0 Å². The largest absolute Gasteiger partial charge is 0.376 e. The summed E-state index contributed by atoms with van der Waals surface area (Å²) in [6, 6.07) is 3.81. The lowest BCUT2D eigenvalue weighted by atomic mass is 9.89. The van der Waals surface area contributed by atoms with Crippen LogP contribution in [0.2, 0.25) is 0 Å². The van der Waals surface area contributed by atoms with E-state index in [4.69, 9.17) is 14.2 Å². The molecule has 5 rings (SSSR count). The van der Waals surface area contributed by atoms with Gasteiger partial charge in [-0.2, -0.15) is 0 Å². The predicted octanol–water partition coefficient (Wildman–Crippen LogP) is 2.24. The van der Waals surface area contributed by atoms with Crippen molar-refractivity contribution >= 4 is 17.2 Å². The molecule has 2 fully saturated rings. The standard InChI is InChI=1S/C20H26N4O4S/c25-19(18-4-2-10-29-18)23-7-5-20(6-8-23)14-24-17(13-28-20)16(21-22-24)12-26-11-15-3-1-9-27-15/h2,4,10,15H,1,3,5-9,11-14H2. The molecule has 29 heavy (non-hydrogen) atoms. The van der Waals surface area contributed by atoms with Gasteiger partial charge in [0, 0.05) is 19.7 Å². The fourth-order valence-corrected chi connectivity index (χ4v) is 5.04. The number of amides is 1. The summed E-state index contributed by atoms with van der Waals surface area (Å²) in [5.74, 6) is 0.123. The minimum atomic E-state index is -0.261. The Labute approximate surface area is 173 Å². The van der Waals surface area contributed by atoms with Crippen molar-refractivity contribution in [2.24, 2.45) is 0 Å². The topological polar surface area (TPSA) is 78.7 Å². The van der Waals surface area contributed by atoms with Gasteiger partial charge in [0.25, 0.3) is 5.91 Å². The first-order chi connectivity index (χ1) is 14.2. The van der Waals surface area contributed by atoms with Gasteiger partial charge in [-0.05, 0) is 37.1 Å². The van der Waals surface area contributed by atoms with Crippen LogP contribution >= 0.6 is 11.3 Å². The molecule has 5 heterocycles. The average molecular weight is 419 g/mol. The molecule has 0 radical (unpaired) electrons. The summed E-state index contributed by atoms with van der Waals surface area (Å²) in [6.07, 6.45) is 4.02. The van der Waals surface area contributed by atoms with E-state index >= 15 is 0 Å². The molecule has 1 amide bonds. The van der Waals surface area contributed by atoms with Crippen LogP contribution in [-0.2, 0) is 34.0 Å². The maximum atomic E-state index is 12.6. The molecular weight excluding hydrogens is 392 g/mol. The third kappa shape index (κ3) is 3.96. The number of likely N-dealkylation sites (tertiary alicyclic amines) is 1. The summed E-state index contributed by atoms with van der Waals surface area (Å²) in [5.41, 5.74) is 1.59. The molecule has 3 aliphatic heterocycles. The Kier molecular flexibility index (Phi) is 5.38. The monoisotopic (exact) mass is 418 g/mol. The van der Waals surface area contributed by atoms with Crippen LogP contribution in [0.5, 0.6) is 0 Å². The van der Waals surface area contributed by atoms with E-state index in [1.54, 1.807) is 0 Å². The van der Waals surface area contributed by atoms with Gasteiger partial charge in [0.05, 0.1) is 48.6 Å². The molecule has 1 atom stereocenters. The van der Waals surface area contributed by atoms with Crippen LogP contribution in [0.25, 0.3) is 0 Å². The van der Waals surface area contributed by atoms with E-state index in [0.717, 1.165) is 48.6 Å². The smallest absolute Gasteiger partial charge is 0.263 e. The maximum absolute atomic E-state index is 12.6. The zero-order valence-electron chi connectivity index (χ0n) is 16.4. The number of fused-ring (bicyclic) bond motifs is 1. The number of rotatable bonds is 5. The van der Waals surface area contributed by atoms with Crippen LogP contribution in [0.3, 0.4) is 0 Å². The van der Waals surface area contributed by atoms with E-state index in [9.17, 15) is 4.79 Å². The van der Waals surface area contributed by atoms with E-state index in [1.807, 2.05) is 27.1 Å². The van der Waals surface area contributed by atoms with E-state index in [1.165, 1.54) is 11.3 Å². The van der Waals surface area contributed by atoms with E-state index in [0.29, 0.717) is 39.5 Å². The zero-order valence-corrected chi connectivity index (χ0v) is 17.2. The lowest BCUT2D eigenvalue weighted by molar-refractivity contribution is -0.120. The van der Waals surface area contributed by atoms with Crippen molar-refractivity contribution in [3.8, 4) is 0 Å². The van der Waals surface area contributed by atoms with Gasteiger partial charge in [-0.3, -0.25) is 4.79 Å². The van der Waals surface area contributed by atoms with Gasteiger partial charge < -0.3 is 19.1 Å². The quantitative estimate of drug-likeness (QED) is 0.741. The fourth-order valence-electron chi connectivity index (χ4n) is 4.34. The minimum absolute atomic E-state index is 0.123. The minimum Gasteiger partial charge on any atom is -0.376 e. The molecule has 0 bridgehead atoms. The van der Waals surface area contributed by atoms with Gasteiger partial charge in [0.15, 0.2) is 0 Å². The van der Waals surface area contributed by atoms with Crippen molar-refractivity contribution in [2.75, 3.05) is 26.3 Å². The normalized spacial score (nSPS) is 23.4.